The van der Waals surface area contributed by atoms with Crippen molar-refractivity contribution in [1.82, 2.24) is 9.80 Å². The molecule has 1 amide bonds. The zero-order valence-corrected chi connectivity index (χ0v) is 23.1. The molecule has 3 aromatic rings. The molecule has 0 aromatic heterocycles. The molecule has 3 aromatic carbocycles. The van der Waals surface area contributed by atoms with Crippen molar-refractivity contribution in [3.63, 3.8) is 0 Å². The maximum atomic E-state index is 13.4. The van der Waals surface area contributed by atoms with Crippen LogP contribution in [0.25, 0.3) is 5.76 Å². The fraction of sp³-hybridized carbons (Fsp3) is 0.333. The van der Waals surface area contributed by atoms with Gasteiger partial charge in [-0.05, 0) is 55.2 Å². The molecule has 2 saturated heterocycles. The zero-order chi connectivity index (χ0) is 28.1. The number of hydrogen-bond donors (Lipinski definition) is 1. The maximum absolute atomic E-state index is 13.4. The smallest absolute Gasteiger partial charge is 0.295 e. The van der Waals surface area contributed by atoms with Crippen LogP contribution in [0.2, 0.25) is 0 Å². The number of carbonyl (C=O) groups is 2. The lowest BCUT2D eigenvalue weighted by Gasteiger charge is -2.29. The van der Waals surface area contributed by atoms with E-state index in [0.717, 1.165) is 48.3 Å². The highest BCUT2D eigenvalue weighted by atomic mass is 16.5. The molecule has 7 heteroatoms. The van der Waals surface area contributed by atoms with E-state index in [1.54, 1.807) is 17.0 Å². The average molecular weight is 541 g/mol. The molecule has 208 valence electrons. The first-order chi connectivity index (χ1) is 19.4. The van der Waals surface area contributed by atoms with Gasteiger partial charge in [-0.1, -0.05) is 60.2 Å². The molecule has 0 aliphatic carbocycles. The summed E-state index contributed by atoms with van der Waals surface area (Å²) >= 11 is 0. The monoisotopic (exact) mass is 540 g/mol. The van der Waals surface area contributed by atoms with Crippen LogP contribution in [-0.4, -0.2) is 66.0 Å². The van der Waals surface area contributed by atoms with Crippen molar-refractivity contribution in [2.75, 3.05) is 39.4 Å². The topological polar surface area (TPSA) is 79.3 Å². The van der Waals surface area contributed by atoms with E-state index in [9.17, 15) is 14.7 Å². The second kappa shape index (κ2) is 12.5. The number of aliphatic hydroxyl groups is 1. The molecule has 40 heavy (non-hydrogen) atoms. The van der Waals surface area contributed by atoms with Crippen LogP contribution in [0.5, 0.6) is 5.75 Å². The summed E-state index contributed by atoms with van der Waals surface area (Å²) in [5.41, 5.74) is 4.33. The molecule has 5 rings (SSSR count). The Morgan fingerprint density at radius 2 is 1.68 bits per heavy atom. The van der Waals surface area contributed by atoms with Crippen LogP contribution in [0.4, 0.5) is 0 Å². The number of ketones is 1. The van der Waals surface area contributed by atoms with E-state index in [1.165, 1.54) is 0 Å². The Morgan fingerprint density at radius 3 is 2.38 bits per heavy atom. The van der Waals surface area contributed by atoms with Crippen molar-refractivity contribution < 1.29 is 24.2 Å². The van der Waals surface area contributed by atoms with Gasteiger partial charge in [0.2, 0.25) is 0 Å². The molecule has 0 spiro atoms. The van der Waals surface area contributed by atoms with Crippen molar-refractivity contribution >= 4 is 17.4 Å². The van der Waals surface area contributed by atoms with E-state index in [4.69, 9.17) is 9.47 Å². The molecule has 0 bridgehead atoms. The second-order valence-corrected chi connectivity index (χ2v) is 10.5. The Balaban J connectivity index is 1.42. The largest absolute Gasteiger partial charge is 0.507 e. The Kier molecular flexibility index (Phi) is 8.63. The summed E-state index contributed by atoms with van der Waals surface area (Å²) in [6.07, 6.45) is 0.724. The highest BCUT2D eigenvalue weighted by molar-refractivity contribution is 6.46. The van der Waals surface area contributed by atoms with Crippen molar-refractivity contribution in [3.8, 4) is 5.75 Å². The van der Waals surface area contributed by atoms with Crippen molar-refractivity contribution in [3.05, 3.63) is 106 Å². The van der Waals surface area contributed by atoms with Crippen LogP contribution in [0.1, 0.15) is 40.3 Å². The molecule has 2 aliphatic heterocycles. The Labute approximate surface area is 235 Å². The van der Waals surface area contributed by atoms with Crippen LogP contribution in [0.15, 0.2) is 78.4 Å². The third-order valence-electron chi connectivity index (χ3n) is 7.61. The van der Waals surface area contributed by atoms with Gasteiger partial charge in [0.25, 0.3) is 11.7 Å². The summed E-state index contributed by atoms with van der Waals surface area (Å²) in [4.78, 5) is 30.7. The third-order valence-corrected chi connectivity index (χ3v) is 7.61. The molecule has 7 nitrogen and oxygen atoms in total. The number of amides is 1. The lowest BCUT2D eigenvalue weighted by Crippen LogP contribution is -2.38. The summed E-state index contributed by atoms with van der Waals surface area (Å²) in [7, 11) is 0. The van der Waals surface area contributed by atoms with E-state index in [-0.39, 0.29) is 11.3 Å². The van der Waals surface area contributed by atoms with Crippen LogP contribution >= 0.6 is 0 Å². The lowest BCUT2D eigenvalue weighted by atomic mass is 9.93. The number of benzene rings is 3. The number of ether oxygens (including phenoxy) is 2. The molecular weight excluding hydrogens is 504 g/mol. The molecule has 1 N–H and O–H groups in total. The number of rotatable bonds is 9. The summed E-state index contributed by atoms with van der Waals surface area (Å²) in [5.74, 6) is -0.726. The van der Waals surface area contributed by atoms with E-state index < -0.39 is 17.7 Å². The summed E-state index contributed by atoms with van der Waals surface area (Å²) in [5, 5.41) is 11.5. The van der Waals surface area contributed by atoms with Gasteiger partial charge in [-0.15, -0.1) is 0 Å². The molecule has 0 unspecified atom stereocenters. The maximum Gasteiger partial charge on any atom is 0.295 e. The number of likely N-dealkylation sites (tertiary alicyclic amines) is 1. The molecule has 1 atom stereocenters. The zero-order valence-electron chi connectivity index (χ0n) is 23.1. The SMILES string of the molecule is Cc1ccc([C@H]2C(=C(O)c3ccc(OCc4ccccc4)cc3C)C(=O)C(=O)N2CCCN2CCOCC2)cc1. The van der Waals surface area contributed by atoms with E-state index in [2.05, 4.69) is 4.90 Å². The van der Waals surface area contributed by atoms with Crippen LogP contribution in [0.3, 0.4) is 0 Å². The molecule has 0 radical (unpaired) electrons. The van der Waals surface area contributed by atoms with Gasteiger partial charge in [0.15, 0.2) is 0 Å². The first kappa shape index (κ1) is 27.6. The van der Waals surface area contributed by atoms with Gasteiger partial charge in [0.05, 0.1) is 24.8 Å². The number of Topliss-reactive ketones (excluding diaryl/α,β-unsaturated/α-hetero) is 1. The Hall–Kier alpha value is -3.94. The van der Waals surface area contributed by atoms with Gasteiger partial charge in [-0.25, -0.2) is 0 Å². The fourth-order valence-corrected chi connectivity index (χ4v) is 5.37. The standard InChI is InChI=1S/C33H36N2O5/c1-23-9-11-26(12-10-23)30-29(32(37)33(38)35(30)16-6-15-34-17-19-39-20-18-34)31(36)28-14-13-27(21-24(28)2)40-22-25-7-4-3-5-8-25/h3-5,7-14,21,30,36H,6,15-20,22H2,1-2H3/t30-/m0/s1. The van der Waals surface area contributed by atoms with E-state index in [0.29, 0.717) is 37.7 Å². The minimum atomic E-state index is -0.654. The van der Waals surface area contributed by atoms with Gasteiger partial charge in [0, 0.05) is 31.7 Å². The number of carbonyl (C=O) groups excluding carboxylic acids is 2. The first-order valence-corrected chi connectivity index (χ1v) is 13.8. The lowest BCUT2D eigenvalue weighted by molar-refractivity contribution is -0.140. The molecule has 2 fully saturated rings. The highest BCUT2D eigenvalue weighted by Crippen LogP contribution is 2.40. The summed E-state index contributed by atoms with van der Waals surface area (Å²) in [6.45, 7) is 8.67. The molecule has 2 heterocycles. The normalized spacial score (nSPS) is 19.2. The number of aliphatic hydroxyl groups excluding tert-OH is 1. The van der Waals surface area contributed by atoms with Crippen LogP contribution in [-0.2, 0) is 20.9 Å². The van der Waals surface area contributed by atoms with Crippen LogP contribution in [0, 0.1) is 13.8 Å². The number of hydrogen-bond acceptors (Lipinski definition) is 6. The summed E-state index contributed by atoms with van der Waals surface area (Å²) < 4.78 is 11.4. The number of morpholine rings is 1. The Bertz CT molecular complexity index is 1380. The Morgan fingerprint density at radius 1 is 0.950 bits per heavy atom. The first-order valence-electron chi connectivity index (χ1n) is 13.8. The average Bonchev–Trinajstić information content (AvgIpc) is 3.22. The molecule has 2 aliphatic rings. The second-order valence-electron chi connectivity index (χ2n) is 10.5. The molecule has 0 saturated carbocycles. The third kappa shape index (κ3) is 6.11. The minimum absolute atomic E-state index is 0.126. The van der Waals surface area contributed by atoms with Gasteiger partial charge in [0.1, 0.15) is 18.1 Å². The quantitative estimate of drug-likeness (QED) is 0.233. The van der Waals surface area contributed by atoms with E-state index in [1.807, 2.05) is 74.5 Å². The van der Waals surface area contributed by atoms with Gasteiger partial charge in [-0.3, -0.25) is 14.5 Å². The van der Waals surface area contributed by atoms with Crippen molar-refractivity contribution in [2.24, 2.45) is 0 Å². The van der Waals surface area contributed by atoms with Crippen LogP contribution < -0.4 is 4.74 Å². The summed E-state index contributed by atoms with van der Waals surface area (Å²) in [6, 6.07) is 22.4. The predicted molar refractivity (Wildman–Crippen MR) is 154 cm³/mol. The van der Waals surface area contributed by atoms with Gasteiger partial charge >= 0.3 is 0 Å². The van der Waals surface area contributed by atoms with Crippen molar-refractivity contribution in [2.45, 2.75) is 32.9 Å². The minimum Gasteiger partial charge on any atom is -0.507 e. The predicted octanol–water partition coefficient (Wildman–Crippen LogP) is 5.03. The van der Waals surface area contributed by atoms with Gasteiger partial charge in [-0.2, -0.15) is 0 Å². The van der Waals surface area contributed by atoms with E-state index >= 15 is 0 Å². The highest BCUT2D eigenvalue weighted by Gasteiger charge is 2.46. The van der Waals surface area contributed by atoms with Gasteiger partial charge < -0.3 is 19.5 Å². The number of nitrogens with zero attached hydrogens (tertiary/aromatic N) is 2. The fourth-order valence-electron chi connectivity index (χ4n) is 5.37. The number of aryl methyl sites for hydroxylation is 2. The molecular formula is C33H36N2O5. The van der Waals surface area contributed by atoms with Crippen molar-refractivity contribution in [1.29, 1.82) is 0 Å².